The first-order chi connectivity index (χ1) is 18.0. The average molecular weight is 554 g/mol. The van der Waals surface area contributed by atoms with Gasteiger partial charge in [0.25, 0.3) is 15.9 Å². The smallest absolute Gasteiger partial charge is 0.281 e. The number of nitrogens with two attached hydrogens (primary N) is 1. The van der Waals surface area contributed by atoms with E-state index in [1.165, 1.54) is 43.6 Å². The van der Waals surface area contributed by atoms with E-state index in [4.69, 9.17) is 26.8 Å². The fourth-order valence-corrected chi connectivity index (χ4v) is 4.99. The van der Waals surface area contributed by atoms with Gasteiger partial charge in [-0.25, -0.2) is 19.7 Å². The van der Waals surface area contributed by atoms with Crippen LogP contribution in [0.15, 0.2) is 59.8 Å². The highest BCUT2D eigenvalue weighted by atomic mass is 35.5. The van der Waals surface area contributed by atoms with Gasteiger partial charge in [-0.1, -0.05) is 35.4 Å². The van der Waals surface area contributed by atoms with Gasteiger partial charge in [0.05, 0.1) is 12.8 Å². The van der Waals surface area contributed by atoms with Gasteiger partial charge in [0, 0.05) is 11.8 Å². The Morgan fingerprint density at radius 2 is 1.71 bits per heavy atom. The molecule has 1 aromatic carbocycles. The Morgan fingerprint density at radius 1 is 1.00 bits per heavy atom. The molecule has 0 aliphatic carbocycles. The Labute approximate surface area is 224 Å². The third-order valence-corrected chi connectivity index (χ3v) is 6.96. The predicted molar refractivity (Wildman–Crippen MR) is 143 cm³/mol. The number of carbonyl (C=O) groups is 1. The molecule has 12 heteroatoms. The van der Waals surface area contributed by atoms with E-state index in [-0.39, 0.29) is 28.2 Å². The van der Waals surface area contributed by atoms with E-state index >= 15 is 0 Å². The topological polar surface area (TPSA) is 146 Å². The summed E-state index contributed by atoms with van der Waals surface area (Å²) in [6.45, 7) is 5.68. The summed E-state index contributed by atoms with van der Waals surface area (Å²) in [6.07, 6.45) is 1.51. The van der Waals surface area contributed by atoms with Crippen LogP contribution in [0.1, 0.15) is 27.0 Å². The Kier molecular flexibility index (Phi) is 7.51. The molecule has 0 aliphatic rings. The van der Waals surface area contributed by atoms with Crippen molar-refractivity contribution < 1.29 is 22.7 Å². The van der Waals surface area contributed by atoms with Crippen LogP contribution in [0, 0.1) is 20.8 Å². The molecule has 3 aromatic heterocycles. The number of sulfonamides is 1. The van der Waals surface area contributed by atoms with E-state index in [2.05, 4.69) is 15.0 Å². The van der Waals surface area contributed by atoms with Crippen LogP contribution in [-0.2, 0) is 10.0 Å². The van der Waals surface area contributed by atoms with Gasteiger partial charge in [-0.3, -0.25) is 4.79 Å². The maximum Gasteiger partial charge on any atom is 0.281 e. The summed E-state index contributed by atoms with van der Waals surface area (Å²) in [5.41, 5.74) is 9.06. The number of amides is 1. The molecular weight excluding hydrogens is 530 g/mol. The molecule has 0 fully saturated rings. The molecule has 4 rings (SSSR count). The number of nitrogens with one attached hydrogen (secondary N) is 1. The van der Waals surface area contributed by atoms with Crippen LogP contribution < -0.4 is 19.9 Å². The van der Waals surface area contributed by atoms with Gasteiger partial charge in [-0.2, -0.15) is 8.42 Å². The van der Waals surface area contributed by atoms with Gasteiger partial charge in [0.2, 0.25) is 11.8 Å². The van der Waals surface area contributed by atoms with Crippen molar-refractivity contribution in [2.75, 3.05) is 12.8 Å². The number of nitrogens with zero attached hydrogens (tertiary/aromatic N) is 3. The lowest BCUT2D eigenvalue weighted by molar-refractivity contribution is 0.0978. The second-order valence-electron chi connectivity index (χ2n) is 8.43. The summed E-state index contributed by atoms with van der Waals surface area (Å²) < 4.78 is 38.9. The summed E-state index contributed by atoms with van der Waals surface area (Å²) in [6, 6.07) is 12.5. The molecule has 0 unspecified atom stereocenters. The van der Waals surface area contributed by atoms with Gasteiger partial charge in [-0.15, -0.1) is 0 Å². The van der Waals surface area contributed by atoms with Gasteiger partial charge in [-0.05, 0) is 62.2 Å². The number of anilines is 1. The molecule has 0 bridgehead atoms. The average Bonchev–Trinajstić information content (AvgIpc) is 2.85. The Morgan fingerprint density at radius 3 is 2.34 bits per heavy atom. The SMILES string of the molecule is COc1ncc(-c2ccc(C(=O)NS(=O)(=O)c3cccc(N)n3)c(Oc3c(C)cc(C)cc3C)n2)cc1Cl. The highest BCUT2D eigenvalue weighted by Crippen LogP contribution is 2.33. The van der Waals surface area contributed by atoms with Crippen molar-refractivity contribution in [2.24, 2.45) is 0 Å². The highest BCUT2D eigenvalue weighted by molar-refractivity contribution is 7.90. The first-order valence-corrected chi connectivity index (χ1v) is 13.1. The van der Waals surface area contributed by atoms with Crippen LogP contribution in [0.5, 0.6) is 17.5 Å². The third kappa shape index (κ3) is 5.68. The summed E-state index contributed by atoms with van der Waals surface area (Å²) in [5, 5.41) is -0.135. The Bertz CT molecular complexity index is 1640. The number of aromatic nitrogens is 3. The quantitative estimate of drug-likeness (QED) is 0.334. The number of nitrogen functional groups attached to an aromatic ring is 1. The zero-order valence-electron chi connectivity index (χ0n) is 20.9. The van der Waals surface area contributed by atoms with Crippen LogP contribution in [0.25, 0.3) is 11.3 Å². The monoisotopic (exact) mass is 553 g/mol. The van der Waals surface area contributed by atoms with Gasteiger partial charge in [0.1, 0.15) is 22.2 Å². The van der Waals surface area contributed by atoms with Crippen LogP contribution in [0.4, 0.5) is 5.82 Å². The number of aryl methyl sites for hydroxylation is 3. The van der Waals surface area contributed by atoms with Gasteiger partial charge in [0.15, 0.2) is 5.03 Å². The summed E-state index contributed by atoms with van der Waals surface area (Å²) in [5.74, 6) is -0.350. The van der Waals surface area contributed by atoms with E-state index in [9.17, 15) is 13.2 Å². The first kappa shape index (κ1) is 26.8. The second kappa shape index (κ2) is 10.6. The summed E-state index contributed by atoms with van der Waals surface area (Å²) in [4.78, 5) is 25.7. The van der Waals surface area contributed by atoms with Crippen molar-refractivity contribution in [1.82, 2.24) is 19.7 Å². The van der Waals surface area contributed by atoms with Crippen molar-refractivity contribution in [3.8, 4) is 28.8 Å². The standard InChI is InChI=1S/C26H24ClN5O5S/c1-14-10-15(2)23(16(3)11-14)37-25-18(24(33)32-38(34,35)22-7-5-6-21(28)31-22)8-9-20(30-25)17-12-19(27)26(36-4)29-13-17/h5-13H,1-4H3,(H2,28,31)(H,32,33). The minimum absolute atomic E-state index is 0.00699. The summed E-state index contributed by atoms with van der Waals surface area (Å²) in [7, 11) is -2.88. The van der Waals surface area contributed by atoms with Crippen LogP contribution in [0.2, 0.25) is 5.02 Å². The number of halogens is 1. The maximum absolute atomic E-state index is 13.2. The van der Waals surface area contributed by atoms with E-state index in [0.717, 1.165) is 16.7 Å². The third-order valence-electron chi connectivity index (χ3n) is 5.45. The fraction of sp³-hybridized carbons (Fsp3) is 0.154. The number of hydrogen-bond donors (Lipinski definition) is 2. The zero-order valence-corrected chi connectivity index (χ0v) is 22.5. The molecular formula is C26H24ClN5O5S. The maximum atomic E-state index is 13.2. The Hall–Kier alpha value is -4.22. The second-order valence-corrected chi connectivity index (χ2v) is 10.5. The predicted octanol–water partition coefficient (Wildman–Crippen LogP) is 4.62. The number of hydrogen-bond acceptors (Lipinski definition) is 9. The molecule has 3 N–H and O–H groups in total. The molecule has 0 saturated carbocycles. The lowest BCUT2D eigenvalue weighted by Crippen LogP contribution is -2.31. The zero-order chi connectivity index (χ0) is 27.6. The fourth-order valence-electron chi connectivity index (χ4n) is 3.80. The molecule has 0 spiro atoms. The first-order valence-electron chi connectivity index (χ1n) is 11.2. The van der Waals surface area contributed by atoms with Crippen molar-refractivity contribution in [1.29, 1.82) is 0 Å². The Balaban J connectivity index is 1.79. The van der Waals surface area contributed by atoms with E-state index in [1.54, 1.807) is 6.07 Å². The number of benzene rings is 1. The lowest BCUT2D eigenvalue weighted by Gasteiger charge is -2.16. The largest absolute Gasteiger partial charge is 0.480 e. The van der Waals surface area contributed by atoms with E-state index in [0.29, 0.717) is 17.0 Å². The number of rotatable bonds is 7. The highest BCUT2D eigenvalue weighted by Gasteiger charge is 2.25. The van der Waals surface area contributed by atoms with Crippen molar-refractivity contribution in [2.45, 2.75) is 25.8 Å². The minimum Gasteiger partial charge on any atom is -0.480 e. The summed E-state index contributed by atoms with van der Waals surface area (Å²) >= 11 is 6.24. The minimum atomic E-state index is -4.33. The molecule has 196 valence electrons. The molecule has 3 heterocycles. The van der Waals surface area contributed by atoms with Gasteiger partial charge >= 0.3 is 0 Å². The van der Waals surface area contributed by atoms with E-state index in [1.807, 2.05) is 37.6 Å². The molecule has 10 nitrogen and oxygen atoms in total. The molecule has 0 atom stereocenters. The molecule has 0 radical (unpaired) electrons. The van der Waals surface area contributed by atoms with Gasteiger partial charge < -0.3 is 15.2 Å². The normalized spacial score (nSPS) is 11.2. The van der Waals surface area contributed by atoms with Crippen LogP contribution >= 0.6 is 11.6 Å². The van der Waals surface area contributed by atoms with Crippen molar-refractivity contribution in [3.63, 3.8) is 0 Å². The molecule has 38 heavy (non-hydrogen) atoms. The van der Waals surface area contributed by atoms with E-state index < -0.39 is 21.0 Å². The molecule has 4 aromatic rings. The lowest BCUT2D eigenvalue weighted by atomic mass is 10.1. The van der Waals surface area contributed by atoms with Crippen molar-refractivity contribution >= 4 is 33.3 Å². The number of methoxy groups -OCH3 is 1. The number of ether oxygens (including phenoxy) is 2. The number of pyridine rings is 3. The van der Waals surface area contributed by atoms with Crippen LogP contribution in [-0.4, -0.2) is 36.4 Å². The molecule has 1 amide bonds. The molecule has 0 saturated heterocycles. The van der Waals surface area contributed by atoms with Crippen LogP contribution in [0.3, 0.4) is 0 Å². The number of carbonyl (C=O) groups excluding carboxylic acids is 1. The van der Waals surface area contributed by atoms with Crippen molar-refractivity contribution in [3.05, 3.63) is 82.0 Å². The molecule has 0 aliphatic heterocycles.